The van der Waals surface area contributed by atoms with Crippen LogP contribution in [0.5, 0.6) is 5.75 Å². The first-order valence-electron chi connectivity index (χ1n) is 8.25. The van der Waals surface area contributed by atoms with Crippen LogP contribution in [-0.2, 0) is 11.4 Å². The van der Waals surface area contributed by atoms with Gasteiger partial charge in [0.15, 0.2) is 5.13 Å². The average molecular weight is 401 g/mol. The zero-order chi connectivity index (χ0) is 20.3. The molecule has 0 bridgehead atoms. The molecular formula is C19H16FN3O4S. The number of nitro benzene ring substituents is 1. The monoisotopic (exact) mass is 401 g/mol. The van der Waals surface area contributed by atoms with Gasteiger partial charge in [-0.05, 0) is 25.1 Å². The third-order valence-corrected chi connectivity index (χ3v) is 4.84. The van der Waals surface area contributed by atoms with Crippen molar-refractivity contribution in [3.8, 4) is 5.75 Å². The molecule has 144 valence electrons. The summed E-state index contributed by atoms with van der Waals surface area (Å²) in [7, 11) is 0. The number of anilines is 2. The normalized spacial score (nSPS) is 10.5. The highest BCUT2D eigenvalue weighted by Crippen LogP contribution is 2.32. The van der Waals surface area contributed by atoms with E-state index in [-0.39, 0.29) is 23.9 Å². The van der Waals surface area contributed by atoms with Gasteiger partial charge in [0.2, 0.25) is 5.91 Å². The Kier molecular flexibility index (Phi) is 5.65. The molecule has 0 aliphatic rings. The number of aromatic nitrogens is 1. The summed E-state index contributed by atoms with van der Waals surface area (Å²) in [4.78, 5) is 28.2. The molecule has 0 aliphatic carbocycles. The first kappa shape index (κ1) is 19.4. The number of nitro groups is 1. The lowest BCUT2D eigenvalue weighted by atomic mass is 10.2. The van der Waals surface area contributed by atoms with Crippen LogP contribution in [0.1, 0.15) is 18.2 Å². The first-order valence-corrected chi connectivity index (χ1v) is 9.13. The number of ether oxygens (including phenoxy) is 1. The molecule has 0 fully saturated rings. The lowest BCUT2D eigenvalue weighted by molar-refractivity contribution is -0.385. The molecule has 1 aromatic heterocycles. The fourth-order valence-electron chi connectivity index (χ4n) is 2.61. The maximum Gasteiger partial charge on any atom is 0.276 e. The summed E-state index contributed by atoms with van der Waals surface area (Å²) in [6.45, 7) is 2.99. The Morgan fingerprint density at radius 1 is 1.29 bits per heavy atom. The maximum absolute atomic E-state index is 14.1. The van der Waals surface area contributed by atoms with Gasteiger partial charge in [-0.25, -0.2) is 9.37 Å². The molecule has 3 aromatic rings. The number of thiazole rings is 1. The van der Waals surface area contributed by atoms with E-state index < -0.39 is 10.7 Å². The van der Waals surface area contributed by atoms with Crippen molar-refractivity contribution in [3.63, 3.8) is 0 Å². The van der Waals surface area contributed by atoms with Crippen molar-refractivity contribution in [2.45, 2.75) is 20.5 Å². The zero-order valence-electron chi connectivity index (χ0n) is 15.1. The minimum Gasteiger partial charge on any atom is -0.487 e. The Balaban J connectivity index is 1.81. The minimum absolute atomic E-state index is 0.0289. The van der Waals surface area contributed by atoms with Gasteiger partial charge in [-0.2, -0.15) is 0 Å². The second kappa shape index (κ2) is 8.13. The van der Waals surface area contributed by atoms with E-state index in [4.69, 9.17) is 4.74 Å². The molecule has 9 heteroatoms. The van der Waals surface area contributed by atoms with E-state index in [2.05, 4.69) is 4.98 Å². The second-order valence-corrected chi connectivity index (χ2v) is 6.71. The molecule has 0 aliphatic heterocycles. The molecule has 0 radical (unpaired) electrons. The number of carbonyl (C=O) groups is 1. The Morgan fingerprint density at radius 3 is 2.71 bits per heavy atom. The molecule has 0 spiro atoms. The van der Waals surface area contributed by atoms with Crippen molar-refractivity contribution in [1.82, 2.24) is 4.98 Å². The lowest BCUT2D eigenvalue weighted by Gasteiger charge is -2.18. The standard InChI is InChI=1S/C19H16FN3O4S/c1-12-16(23(25)26)8-5-9-18(12)27-10-14-11-28-19(21-14)22(13(2)24)17-7-4-3-6-15(17)20/h3-9,11H,10H2,1-2H3. The number of hydrogen-bond acceptors (Lipinski definition) is 6. The Labute approximate surface area is 164 Å². The number of para-hydroxylation sites is 1. The number of nitrogens with zero attached hydrogens (tertiary/aromatic N) is 3. The third kappa shape index (κ3) is 3.99. The minimum atomic E-state index is -0.530. The van der Waals surface area contributed by atoms with E-state index in [0.29, 0.717) is 22.1 Å². The van der Waals surface area contributed by atoms with Gasteiger partial charge in [-0.15, -0.1) is 11.3 Å². The van der Waals surface area contributed by atoms with Crippen LogP contribution in [0.25, 0.3) is 0 Å². The van der Waals surface area contributed by atoms with Crippen LogP contribution in [0, 0.1) is 22.9 Å². The zero-order valence-corrected chi connectivity index (χ0v) is 15.9. The Morgan fingerprint density at radius 2 is 2.04 bits per heavy atom. The van der Waals surface area contributed by atoms with Gasteiger partial charge in [0.1, 0.15) is 18.2 Å². The van der Waals surface area contributed by atoms with Gasteiger partial charge in [-0.3, -0.25) is 19.8 Å². The fourth-order valence-corrected chi connectivity index (χ4v) is 3.48. The molecule has 0 saturated carbocycles. The smallest absolute Gasteiger partial charge is 0.276 e. The van der Waals surface area contributed by atoms with Gasteiger partial charge < -0.3 is 4.74 Å². The summed E-state index contributed by atoms with van der Waals surface area (Å²) >= 11 is 1.18. The Bertz CT molecular complexity index is 1040. The summed E-state index contributed by atoms with van der Waals surface area (Å²) in [5.41, 5.74) is 1.03. The van der Waals surface area contributed by atoms with Crippen molar-refractivity contribution >= 4 is 33.8 Å². The van der Waals surface area contributed by atoms with Gasteiger partial charge in [0.05, 0.1) is 21.9 Å². The predicted octanol–water partition coefficient (Wildman–Crippen LogP) is 4.76. The highest BCUT2D eigenvalue weighted by molar-refractivity contribution is 7.14. The molecule has 0 unspecified atom stereocenters. The SMILES string of the molecule is CC(=O)N(c1nc(COc2cccc([N+](=O)[O-])c2C)cs1)c1ccccc1F. The third-order valence-electron chi connectivity index (χ3n) is 3.97. The van der Waals surface area contributed by atoms with Crippen LogP contribution < -0.4 is 9.64 Å². The fraction of sp³-hybridized carbons (Fsp3) is 0.158. The maximum atomic E-state index is 14.1. The van der Waals surface area contributed by atoms with E-state index in [1.807, 2.05) is 0 Å². The van der Waals surface area contributed by atoms with Crippen molar-refractivity contribution in [2.24, 2.45) is 0 Å². The largest absolute Gasteiger partial charge is 0.487 e. The number of benzene rings is 2. The van der Waals surface area contributed by atoms with Gasteiger partial charge >= 0.3 is 0 Å². The summed E-state index contributed by atoms with van der Waals surface area (Å²) in [6, 6.07) is 10.5. The predicted molar refractivity (Wildman–Crippen MR) is 103 cm³/mol. The number of carbonyl (C=O) groups excluding carboxylic acids is 1. The van der Waals surface area contributed by atoms with Crippen LogP contribution >= 0.6 is 11.3 Å². The van der Waals surface area contributed by atoms with Gasteiger partial charge in [0, 0.05) is 18.4 Å². The molecule has 3 rings (SSSR count). The molecule has 0 atom stereocenters. The Hall–Kier alpha value is -3.33. The van der Waals surface area contributed by atoms with Gasteiger partial charge in [-0.1, -0.05) is 18.2 Å². The molecule has 1 amide bonds. The topological polar surface area (TPSA) is 85.6 Å². The summed E-state index contributed by atoms with van der Waals surface area (Å²) in [6.07, 6.45) is 0. The van der Waals surface area contributed by atoms with Crippen molar-refractivity contribution < 1.29 is 18.8 Å². The van der Waals surface area contributed by atoms with E-state index in [1.54, 1.807) is 36.6 Å². The van der Waals surface area contributed by atoms with E-state index in [1.165, 1.54) is 41.4 Å². The number of halogens is 1. The van der Waals surface area contributed by atoms with Crippen molar-refractivity contribution in [1.29, 1.82) is 0 Å². The number of amides is 1. The number of rotatable bonds is 6. The average Bonchev–Trinajstić information content (AvgIpc) is 3.10. The number of hydrogen-bond donors (Lipinski definition) is 0. The molecule has 0 N–H and O–H groups in total. The van der Waals surface area contributed by atoms with E-state index >= 15 is 0 Å². The molecule has 7 nitrogen and oxygen atoms in total. The van der Waals surface area contributed by atoms with E-state index in [0.717, 1.165) is 0 Å². The summed E-state index contributed by atoms with van der Waals surface area (Å²) < 4.78 is 19.8. The second-order valence-electron chi connectivity index (χ2n) is 5.87. The van der Waals surface area contributed by atoms with Crippen LogP contribution in [0.3, 0.4) is 0 Å². The summed E-state index contributed by atoms with van der Waals surface area (Å²) in [5.74, 6) is -0.527. The molecular weight excluding hydrogens is 385 g/mol. The van der Waals surface area contributed by atoms with Crippen LogP contribution in [-0.4, -0.2) is 15.8 Å². The van der Waals surface area contributed by atoms with Crippen LogP contribution in [0.4, 0.5) is 20.9 Å². The molecule has 2 aromatic carbocycles. The summed E-state index contributed by atoms with van der Waals surface area (Å²) in [5, 5.41) is 13.0. The molecule has 1 heterocycles. The highest BCUT2D eigenvalue weighted by Gasteiger charge is 2.21. The van der Waals surface area contributed by atoms with E-state index in [9.17, 15) is 19.3 Å². The molecule has 28 heavy (non-hydrogen) atoms. The van der Waals surface area contributed by atoms with Crippen LogP contribution in [0.2, 0.25) is 0 Å². The molecule has 0 saturated heterocycles. The first-order chi connectivity index (χ1) is 13.4. The van der Waals surface area contributed by atoms with Crippen molar-refractivity contribution in [3.05, 3.63) is 75.0 Å². The van der Waals surface area contributed by atoms with Crippen molar-refractivity contribution in [2.75, 3.05) is 4.90 Å². The van der Waals surface area contributed by atoms with Crippen LogP contribution in [0.15, 0.2) is 47.8 Å². The quantitative estimate of drug-likeness (QED) is 0.439. The van der Waals surface area contributed by atoms with Gasteiger partial charge in [0.25, 0.3) is 5.69 Å². The highest BCUT2D eigenvalue weighted by atomic mass is 32.1. The lowest BCUT2D eigenvalue weighted by Crippen LogP contribution is -2.23.